The number of primary amides is 1. The number of benzene rings is 1. The molecule has 0 radical (unpaired) electrons. The molecule has 220 valence electrons. The minimum Gasteiger partial charge on any atom is -0.508 e. The average Bonchev–Trinajstić information content (AvgIpc) is 3.58. The number of aliphatic hydroxyl groups excluding tert-OH is 2. The largest absolute Gasteiger partial charge is 0.508 e. The van der Waals surface area contributed by atoms with Gasteiger partial charge in [-0.15, -0.1) is 0 Å². The molecule has 5 atom stereocenters. The first-order valence-electron chi connectivity index (χ1n) is 13.0. The van der Waals surface area contributed by atoms with Gasteiger partial charge in [0.2, 0.25) is 17.3 Å². The van der Waals surface area contributed by atoms with E-state index in [4.69, 9.17) is 5.73 Å². The van der Waals surface area contributed by atoms with E-state index in [1.807, 2.05) is 0 Å². The molecule has 14 nitrogen and oxygen atoms in total. The fourth-order valence-electron chi connectivity index (χ4n) is 6.94. The molecule has 5 rings (SSSR count). The molecule has 1 aromatic rings. The lowest BCUT2D eigenvalue weighted by atomic mass is 9.57. The first-order valence-corrected chi connectivity index (χ1v) is 13.0. The zero-order valence-electron chi connectivity index (χ0n) is 23.6. The molecule has 2 fully saturated rings. The van der Waals surface area contributed by atoms with Crippen molar-refractivity contribution in [3.8, 4) is 5.75 Å². The number of nitrogens with zero attached hydrogens (tertiary/aromatic N) is 3. The van der Waals surface area contributed by atoms with Crippen LogP contribution in [0.3, 0.4) is 0 Å². The number of phenols is 1. The van der Waals surface area contributed by atoms with Crippen molar-refractivity contribution in [3.05, 3.63) is 34.1 Å². The number of nitrogens with two attached hydrogens (primary N) is 1. The van der Waals surface area contributed by atoms with E-state index in [0.29, 0.717) is 11.3 Å². The summed E-state index contributed by atoms with van der Waals surface area (Å²) in [6.45, 7) is 0.0173. The van der Waals surface area contributed by atoms with Crippen molar-refractivity contribution in [2.45, 2.75) is 29.6 Å². The Kier molecular flexibility index (Phi) is 6.27. The number of fused-ring (bicyclic) bond motifs is 3. The summed E-state index contributed by atoms with van der Waals surface area (Å²) in [6.07, 6.45) is 0.102. The first kappa shape index (κ1) is 28.5. The number of carbonyl (C=O) groups excluding carboxylic acids is 4. The van der Waals surface area contributed by atoms with Crippen LogP contribution in [0.4, 0.5) is 11.4 Å². The molecule has 0 unspecified atom stereocenters. The maximum absolute atomic E-state index is 14.2. The Bertz CT molecular complexity index is 1500. The molecular weight excluding hydrogens is 536 g/mol. The van der Waals surface area contributed by atoms with Crippen molar-refractivity contribution in [2.24, 2.45) is 11.7 Å². The van der Waals surface area contributed by atoms with E-state index in [-0.39, 0.29) is 29.8 Å². The lowest BCUT2D eigenvalue weighted by molar-refractivity contribution is -0.147. The molecule has 3 aliphatic carbocycles. The normalized spacial score (nSPS) is 30.1. The van der Waals surface area contributed by atoms with Crippen LogP contribution in [0, 0.1) is 5.92 Å². The minimum atomic E-state index is -2.82. The third-order valence-electron chi connectivity index (χ3n) is 8.53. The molecule has 1 saturated carbocycles. The van der Waals surface area contributed by atoms with Gasteiger partial charge >= 0.3 is 0 Å². The highest BCUT2D eigenvalue weighted by atomic mass is 16.4. The van der Waals surface area contributed by atoms with Gasteiger partial charge in [0, 0.05) is 37.3 Å². The van der Waals surface area contributed by atoms with Crippen molar-refractivity contribution in [1.82, 2.24) is 15.1 Å². The number of anilines is 2. The van der Waals surface area contributed by atoms with Crippen LogP contribution in [-0.2, 0) is 25.6 Å². The summed E-state index contributed by atoms with van der Waals surface area (Å²) in [4.78, 5) is 57.1. The summed E-state index contributed by atoms with van der Waals surface area (Å²) >= 11 is 0. The lowest BCUT2D eigenvalue weighted by Gasteiger charge is -2.49. The molecule has 14 heteroatoms. The summed E-state index contributed by atoms with van der Waals surface area (Å²) in [7, 11) is 9.96. The number of hydrogen-bond donors (Lipinski definition) is 7. The van der Waals surface area contributed by atoms with Crippen LogP contribution >= 0.6 is 0 Å². The highest BCUT2D eigenvalue weighted by molar-refractivity contribution is 6.26. The maximum atomic E-state index is 14.2. The maximum Gasteiger partial charge on any atom is 0.255 e. The molecular formula is C27H34N6O8. The molecule has 41 heavy (non-hydrogen) atoms. The Morgan fingerprint density at radius 3 is 2.29 bits per heavy atom. The molecule has 0 aromatic heterocycles. The van der Waals surface area contributed by atoms with Crippen LogP contribution in [0.2, 0.25) is 0 Å². The summed E-state index contributed by atoms with van der Waals surface area (Å²) in [5.41, 5.74) is 0.604. The zero-order valence-corrected chi connectivity index (χ0v) is 23.6. The van der Waals surface area contributed by atoms with E-state index in [1.165, 1.54) is 19.0 Å². The number of nitrogens with one attached hydrogen (secondary N) is 2. The molecule has 8 N–H and O–H groups in total. The van der Waals surface area contributed by atoms with Crippen molar-refractivity contribution in [1.29, 1.82) is 0 Å². The van der Waals surface area contributed by atoms with Crippen LogP contribution in [0.15, 0.2) is 23.0 Å². The number of likely N-dealkylation sites (N-methyl/N-ethyl adjacent to an activating group) is 2. The second-order valence-corrected chi connectivity index (χ2v) is 11.7. The molecule has 1 aliphatic heterocycles. The molecule has 1 aromatic carbocycles. The number of Topliss-reactive ketones (excluding diaryl/α,β-unsaturated/α-hetero) is 2. The van der Waals surface area contributed by atoms with Crippen molar-refractivity contribution in [3.63, 3.8) is 0 Å². The molecule has 4 aliphatic rings. The van der Waals surface area contributed by atoms with E-state index < -0.39 is 75.4 Å². The van der Waals surface area contributed by atoms with Gasteiger partial charge in [-0.3, -0.25) is 29.4 Å². The van der Waals surface area contributed by atoms with Gasteiger partial charge in [-0.05, 0) is 46.2 Å². The van der Waals surface area contributed by atoms with Gasteiger partial charge in [-0.1, -0.05) is 0 Å². The number of aromatic hydroxyl groups is 1. The van der Waals surface area contributed by atoms with E-state index in [1.54, 1.807) is 44.1 Å². The fourth-order valence-corrected chi connectivity index (χ4v) is 6.94. The van der Waals surface area contributed by atoms with Gasteiger partial charge in [0.1, 0.15) is 22.6 Å². The number of amides is 2. The van der Waals surface area contributed by atoms with Crippen LogP contribution < -0.4 is 21.3 Å². The van der Waals surface area contributed by atoms with Crippen LogP contribution in [0.5, 0.6) is 5.75 Å². The van der Waals surface area contributed by atoms with Gasteiger partial charge in [0.15, 0.2) is 11.5 Å². The van der Waals surface area contributed by atoms with Gasteiger partial charge in [0.05, 0.1) is 23.8 Å². The van der Waals surface area contributed by atoms with Gasteiger partial charge in [-0.2, -0.15) is 0 Å². The summed E-state index contributed by atoms with van der Waals surface area (Å²) in [5.74, 6) is -6.80. The Morgan fingerprint density at radius 2 is 1.76 bits per heavy atom. The van der Waals surface area contributed by atoms with E-state index >= 15 is 0 Å². The third-order valence-corrected chi connectivity index (χ3v) is 8.53. The fraction of sp³-hybridized carbons (Fsp3) is 0.481. The zero-order chi connectivity index (χ0) is 30.5. The van der Waals surface area contributed by atoms with Crippen molar-refractivity contribution >= 4 is 40.5 Å². The highest BCUT2D eigenvalue weighted by Gasteiger charge is 2.84. The lowest BCUT2D eigenvalue weighted by Crippen LogP contribution is -2.73. The molecule has 0 bridgehead atoms. The van der Waals surface area contributed by atoms with Gasteiger partial charge < -0.3 is 41.3 Å². The summed E-state index contributed by atoms with van der Waals surface area (Å²) in [5, 5.41) is 51.6. The number of aliphatic hydroxyl groups is 3. The van der Waals surface area contributed by atoms with Crippen LogP contribution in [0.1, 0.15) is 11.1 Å². The number of ketones is 2. The Labute approximate surface area is 235 Å². The Hall–Kier alpha value is -3.98. The second-order valence-electron chi connectivity index (χ2n) is 11.7. The predicted molar refractivity (Wildman–Crippen MR) is 147 cm³/mol. The third kappa shape index (κ3) is 3.57. The monoisotopic (exact) mass is 570 g/mol. The average molecular weight is 571 g/mol. The number of carbonyl (C=O) groups is 4. The first-order chi connectivity index (χ1) is 19.0. The number of rotatable bonds is 6. The molecule has 1 spiro atoms. The summed E-state index contributed by atoms with van der Waals surface area (Å²) in [6, 6.07) is -0.474. The molecule has 1 saturated heterocycles. The van der Waals surface area contributed by atoms with E-state index in [9.17, 15) is 39.6 Å². The smallest absolute Gasteiger partial charge is 0.255 e. The minimum absolute atomic E-state index is 0.000423. The molecule has 2 amide bonds. The van der Waals surface area contributed by atoms with E-state index in [2.05, 4.69) is 10.6 Å². The standard InChI is InChI=1S/C27H34N6O8/c1-31(2)9-14(34)29-12-8-13(32(3)4)10-7-11-16(19(36)15(10)18(12)35)23(38)27(41)24(39)17(25(28)40)20(37)22(33(5)6)26(27)21(11)30-26/h8,11,21-22,30,35-36,39,41H,7,9H2,1-6H3,(H2,28,40)(H,29,34)/t11-,21+,22-,26-,27+/m1/s1. The quantitative estimate of drug-likeness (QED) is 0.115. The van der Waals surface area contributed by atoms with Crippen molar-refractivity contribution < 1.29 is 39.6 Å². The van der Waals surface area contributed by atoms with Gasteiger partial charge in [0.25, 0.3) is 5.91 Å². The Morgan fingerprint density at radius 1 is 1.12 bits per heavy atom. The predicted octanol–water partition coefficient (Wildman–Crippen LogP) is -1.77. The Balaban J connectivity index is 1.74. The van der Waals surface area contributed by atoms with Crippen LogP contribution in [-0.4, -0.2) is 126 Å². The van der Waals surface area contributed by atoms with Crippen LogP contribution in [0.25, 0.3) is 5.76 Å². The highest BCUT2D eigenvalue weighted by Crippen LogP contribution is 2.61. The SMILES string of the molecule is CN(C)CC(=O)Nc1cc(N(C)C)c2c(c1O)C(O)=C1C(=O)[C@]3(O)C(O)=C(C(N)=O)C(=O)[C@@H](N(C)C)[C@@]34N[C@H]4[C@@H]1C2. The number of hydrogen-bond acceptors (Lipinski definition) is 12. The second kappa shape index (κ2) is 9.01. The van der Waals surface area contributed by atoms with Crippen molar-refractivity contribution in [2.75, 3.05) is 59.0 Å². The summed E-state index contributed by atoms with van der Waals surface area (Å²) < 4.78 is 0. The van der Waals surface area contributed by atoms with E-state index in [0.717, 1.165) is 0 Å². The molecule has 1 heterocycles. The number of phenolic OH excluding ortho intramolecular Hbond substituents is 1. The topological polar surface area (TPSA) is 219 Å². The van der Waals surface area contributed by atoms with Gasteiger partial charge in [-0.25, -0.2) is 0 Å².